The standard InChI is InChI=1S/C38H42N2O6/c41-33(32(21-26-10-4-1-5-11-26)39-36(43)31-14-8-3-9-15-31)16-17-35(42)45-34(22-27-12-6-2-7-13-27)37(44)46-40-38-23-28-18-29(24-38)20-30(19-28)25-38/h1-15,28-30,32,34,40H,16-25H2,(H,39,43)/t28?,29?,30?,32-,34-,38?/m0/s1. The molecule has 4 aliphatic carbocycles. The summed E-state index contributed by atoms with van der Waals surface area (Å²) < 4.78 is 5.69. The minimum atomic E-state index is -1.16. The first-order valence-electron chi connectivity index (χ1n) is 16.5. The van der Waals surface area contributed by atoms with Gasteiger partial charge in [-0.25, -0.2) is 4.79 Å². The highest BCUT2D eigenvalue weighted by molar-refractivity contribution is 5.98. The predicted molar refractivity (Wildman–Crippen MR) is 172 cm³/mol. The molecule has 8 heteroatoms. The van der Waals surface area contributed by atoms with Crippen LogP contribution in [-0.2, 0) is 36.8 Å². The molecule has 3 aromatic carbocycles. The largest absolute Gasteiger partial charge is 0.450 e. The second-order valence-corrected chi connectivity index (χ2v) is 13.4. The van der Waals surface area contributed by atoms with E-state index in [1.807, 2.05) is 66.7 Å². The van der Waals surface area contributed by atoms with Crippen LogP contribution in [0.2, 0.25) is 0 Å². The van der Waals surface area contributed by atoms with Crippen molar-refractivity contribution in [1.29, 1.82) is 0 Å². The molecule has 2 atom stereocenters. The fraction of sp³-hybridized carbons (Fsp3) is 0.421. The number of Topliss-reactive ketones (excluding diaryl/α,β-unsaturated/α-hetero) is 1. The molecule has 46 heavy (non-hydrogen) atoms. The van der Waals surface area contributed by atoms with Crippen LogP contribution in [0.25, 0.3) is 0 Å². The number of hydrogen-bond acceptors (Lipinski definition) is 7. The first-order chi connectivity index (χ1) is 22.3. The molecule has 4 bridgehead atoms. The Hall–Kier alpha value is -4.30. The van der Waals surface area contributed by atoms with Crippen LogP contribution in [0.3, 0.4) is 0 Å². The highest BCUT2D eigenvalue weighted by Gasteiger charge is 2.52. The van der Waals surface area contributed by atoms with Gasteiger partial charge in [-0.2, -0.15) is 0 Å². The summed E-state index contributed by atoms with van der Waals surface area (Å²) in [6, 6.07) is 26.6. The molecule has 2 N–H and O–H groups in total. The van der Waals surface area contributed by atoms with E-state index in [9.17, 15) is 19.2 Å². The van der Waals surface area contributed by atoms with E-state index in [2.05, 4.69) is 10.8 Å². The number of carbonyl (C=O) groups excluding carboxylic acids is 4. The van der Waals surface area contributed by atoms with Gasteiger partial charge in [-0.05, 0) is 86.0 Å². The van der Waals surface area contributed by atoms with Crippen LogP contribution in [0.15, 0.2) is 91.0 Å². The van der Waals surface area contributed by atoms with E-state index in [0.717, 1.165) is 30.4 Å². The Balaban J connectivity index is 1.08. The predicted octanol–water partition coefficient (Wildman–Crippen LogP) is 5.55. The zero-order chi connectivity index (χ0) is 31.9. The minimum absolute atomic E-state index is 0.149. The van der Waals surface area contributed by atoms with E-state index in [-0.39, 0.29) is 42.9 Å². The summed E-state index contributed by atoms with van der Waals surface area (Å²) in [5, 5.41) is 2.84. The van der Waals surface area contributed by atoms with Crippen molar-refractivity contribution in [3.63, 3.8) is 0 Å². The van der Waals surface area contributed by atoms with Crippen LogP contribution in [0, 0.1) is 17.8 Å². The number of ketones is 1. The topological polar surface area (TPSA) is 111 Å². The number of benzene rings is 3. The summed E-state index contributed by atoms with van der Waals surface area (Å²) in [5.74, 6) is 0.0546. The van der Waals surface area contributed by atoms with E-state index < -0.39 is 24.1 Å². The third kappa shape index (κ3) is 8.10. The van der Waals surface area contributed by atoms with E-state index in [4.69, 9.17) is 9.57 Å². The van der Waals surface area contributed by atoms with Gasteiger partial charge in [-0.1, -0.05) is 78.9 Å². The molecule has 8 nitrogen and oxygen atoms in total. The lowest BCUT2D eigenvalue weighted by Gasteiger charge is -2.56. The SMILES string of the molecule is O=C(CCC(=O)[C@H](Cc1ccccc1)NC(=O)c1ccccc1)O[C@@H](Cc1ccccc1)C(=O)ONC12CC3CC(CC(C3)C1)C2. The first kappa shape index (κ1) is 31.7. The lowest BCUT2D eigenvalue weighted by atomic mass is 9.53. The molecule has 7 rings (SSSR count). The fourth-order valence-electron chi connectivity index (χ4n) is 8.00. The number of hydrogen-bond donors (Lipinski definition) is 2. The van der Waals surface area contributed by atoms with Gasteiger partial charge in [0.2, 0.25) is 6.10 Å². The second-order valence-electron chi connectivity index (χ2n) is 13.4. The van der Waals surface area contributed by atoms with E-state index in [0.29, 0.717) is 23.3 Å². The van der Waals surface area contributed by atoms with Crippen LogP contribution < -0.4 is 10.8 Å². The molecule has 4 saturated carbocycles. The highest BCUT2D eigenvalue weighted by Crippen LogP contribution is 2.55. The number of rotatable bonds is 14. The maximum Gasteiger partial charge on any atom is 0.366 e. The molecule has 0 heterocycles. The van der Waals surface area contributed by atoms with Gasteiger partial charge in [0.15, 0.2) is 5.78 Å². The Morgan fingerprint density at radius 3 is 1.78 bits per heavy atom. The molecule has 0 aromatic heterocycles. The molecule has 0 saturated heterocycles. The normalized spacial score (nSPS) is 24.0. The number of hydroxylamine groups is 1. The van der Waals surface area contributed by atoms with E-state index in [1.165, 1.54) is 19.3 Å². The van der Waals surface area contributed by atoms with Crippen LogP contribution in [0.5, 0.6) is 0 Å². The van der Waals surface area contributed by atoms with Crippen molar-refractivity contribution in [1.82, 2.24) is 10.8 Å². The molecular formula is C38H42N2O6. The summed E-state index contributed by atoms with van der Waals surface area (Å²) in [6.45, 7) is 0. The summed E-state index contributed by atoms with van der Waals surface area (Å²) in [4.78, 5) is 58.6. The summed E-state index contributed by atoms with van der Waals surface area (Å²) >= 11 is 0. The van der Waals surface area contributed by atoms with Gasteiger partial charge in [0.05, 0.1) is 18.0 Å². The average molecular weight is 623 g/mol. The van der Waals surface area contributed by atoms with Crippen LogP contribution in [0.1, 0.15) is 72.9 Å². The summed E-state index contributed by atoms with van der Waals surface area (Å²) in [7, 11) is 0. The molecule has 240 valence electrons. The molecule has 4 aliphatic rings. The van der Waals surface area contributed by atoms with Gasteiger partial charge < -0.3 is 14.9 Å². The van der Waals surface area contributed by atoms with Gasteiger partial charge in [0.25, 0.3) is 5.91 Å². The van der Waals surface area contributed by atoms with Crippen molar-refractivity contribution >= 4 is 23.6 Å². The molecular weight excluding hydrogens is 580 g/mol. The van der Waals surface area contributed by atoms with Gasteiger partial charge in [0, 0.05) is 18.4 Å². The monoisotopic (exact) mass is 622 g/mol. The average Bonchev–Trinajstić information content (AvgIpc) is 3.06. The fourth-order valence-corrected chi connectivity index (χ4v) is 8.00. The smallest absolute Gasteiger partial charge is 0.366 e. The Kier molecular flexibility index (Phi) is 9.93. The van der Waals surface area contributed by atoms with E-state index >= 15 is 0 Å². The van der Waals surface area contributed by atoms with E-state index in [1.54, 1.807) is 24.3 Å². The zero-order valence-corrected chi connectivity index (χ0v) is 26.1. The first-order valence-corrected chi connectivity index (χ1v) is 16.5. The quantitative estimate of drug-likeness (QED) is 0.179. The maximum absolute atomic E-state index is 13.4. The van der Waals surface area contributed by atoms with Gasteiger partial charge in [-0.15, -0.1) is 5.48 Å². The number of amides is 1. The van der Waals surface area contributed by atoms with Crippen molar-refractivity contribution in [3.05, 3.63) is 108 Å². The molecule has 0 unspecified atom stereocenters. The third-order valence-electron chi connectivity index (χ3n) is 9.80. The van der Waals surface area contributed by atoms with Crippen LogP contribution in [-0.4, -0.2) is 41.3 Å². The number of carbonyl (C=O) groups is 4. The van der Waals surface area contributed by atoms with Crippen molar-refractivity contribution in [2.45, 2.75) is 81.9 Å². The third-order valence-corrected chi connectivity index (χ3v) is 9.80. The Morgan fingerprint density at radius 1 is 0.696 bits per heavy atom. The lowest BCUT2D eigenvalue weighted by Crippen LogP contribution is -2.59. The van der Waals surface area contributed by atoms with Gasteiger partial charge >= 0.3 is 11.9 Å². The molecule has 0 aliphatic heterocycles. The van der Waals surface area contributed by atoms with Crippen LogP contribution in [0.4, 0.5) is 0 Å². The number of ether oxygens (including phenoxy) is 1. The Labute approximate surface area is 270 Å². The van der Waals surface area contributed by atoms with Crippen molar-refractivity contribution in [2.24, 2.45) is 17.8 Å². The van der Waals surface area contributed by atoms with Gasteiger partial charge in [0.1, 0.15) is 0 Å². The Morgan fingerprint density at radius 2 is 1.22 bits per heavy atom. The minimum Gasteiger partial charge on any atom is -0.450 e. The van der Waals surface area contributed by atoms with Crippen molar-refractivity contribution in [2.75, 3.05) is 0 Å². The van der Waals surface area contributed by atoms with Crippen molar-refractivity contribution < 1.29 is 28.8 Å². The number of esters is 1. The molecule has 3 aromatic rings. The molecule has 0 radical (unpaired) electrons. The molecule has 4 fully saturated rings. The number of nitrogens with one attached hydrogen (secondary N) is 2. The maximum atomic E-state index is 13.4. The molecule has 0 spiro atoms. The second kappa shape index (κ2) is 14.4. The highest BCUT2D eigenvalue weighted by atomic mass is 16.7. The van der Waals surface area contributed by atoms with Crippen molar-refractivity contribution in [3.8, 4) is 0 Å². The summed E-state index contributed by atoms with van der Waals surface area (Å²) in [5.41, 5.74) is 5.11. The summed E-state index contributed by atoms with van der Waals surface area (Å²) in [6.07, 6.45) is 5.71. The van der Waals surface area contributed by atoms with Gasteiger partial charge in [-0.3, -0.25) is 14.4 Å². The Bertz CT molecular complexity index is 1470. The van der Waals surface area contributed by atoms with Crippen LogP contribution >= 0.6 is 0 Å². The zero-order valence-electron chi connectivity index (χ0n) is 26.1. The molecule has 1 amide bonds. The lowest BCUT2D eigenvalue weighted by molar-refractivity contribution is -0.182.